The molecule has 6 heteroatoms. The van der Waals surface area contributed by atoms with E-state index in [2.05, 4.69) is 34.9 Å². The monoisotopic (exact) mass is 434 g/mol. The minimum Gasteiger partial charge on any atom is -0.387 e. The van der Waals surface area contributed by atoms with Crippen molar-refractivity contribution in [3.63, 3.8) is 0 Å². The lowest BCUT2D eigenvalue weighted by molar-refractivity contribution is 0.119. The van der Waals surface area contributed by atoms with Gasteiger partial charge in [-0.05, 0) is 50.2 Å². The average Bonchev–Trinajstić information content (AvgIpc) is 2.85. The first-order valence-corrected chi connectivity index (χ1v) is 12.1. The topological polar surface area (TPSA) is 61.7 Å². The summed E-state index contributed by atoms with van der Waals surface area (Å²) in [4.78, 5) is 14.8. The maximum atomic E-state index is 10.7. The molecule has 0 amide bonds. The van der Waals surface area contributed by atoms with Crippen LogP contribution in [0, 0.1) is 6.92 Å². The van der Waals surface area contributed by atoms with Gasteiger partial charge in [-0.3, -0.25) is 4.90 Å². The number of hydrogen-bond acceptors (Lipinski definition) is 6. The molecule has 0 bridgehead atoms. The van der Waals surface area contributed by atoms with Gasteiger partial charge in [0.25, 0.3) is 0 Å². The third-order valence-electron chi connectivity index (χ3n) is 6.95. The highest BCUT2D eigenvalue weighted by atomic mass is 16.5. The summed E-state index contributed by atoms with van der Waals surface area (Å²) < 4.78 is 5.57. The van der Waals surface area contributed by atoms with Crippen molar-refractivity contribution in [3.8, 4) is 0 Å². The van der Waals surface area contributed by atoms with Gasteiger partial charge in [0, 0.05) is 44.0 Å². The molecule has 1 fully saturated rings. The van der Waals surface area contributed by atoms with E-state index in [1.165, 1.54) is 35.2 Å². The van der Waals surface area contributed by atoms with Gasteiger partial charge in [0.1, 0.15) is 5.82 Å². The Morgan fingerprint density at radius 3 is 2.53 bits per heavy atom. The molecular weight excluding hydrogens is 400 g/mol. The van der Waals surface area contributed by atoms with Crippen LogP contribution in [0.2, 0.25) is 0 Å². The Morgan fingerprint density at radius 2 is 1.78 bits per heavy atom. The predicted octanol–water partition coefficient (Wildman–Crippen LogP) is 3.32. The van der Waals surface area contributed by atoms with Gasteiger partial charge in [-0.1, -0.05) is 35.9 Å². The summed E-state index contributed by atoms with van der Waals surface area (Å²) in [6.45, 7) is 7.83. The Balaban J connectivity index is 1.31. The molecule has 0 radical (unpaired) electrons. The highest BCUT2D eigenvalue weighted by molar-refractivity contribution is 5.64. The van der Waals surface area contributed by atoms with Crippen LogP contribution in [-0.2, 0) is 17.6 Å². The minimum atomic E-state index is -0.460. The van der Waals surface area contributed by atoms with Crippen LogP contribution < -0.4 is 4.90 Å². The van der Waals surface area contributed by atoms with Crippen LogP contribution in [0.15, 0.2) is 30.3 Å². The molecular formula is C26H34N4O2. The fourth-order valence-electron chi connectivity index (χ4n) is 4.97. The molecule has 170 valence electrons. The third kappa shape index (κ3) is 4.72. The Morgan fingerprint density at radius 1 is 1.00 bits per heavy atom. The van der Waals surface area contributed by atoms with E-state index >= 15 is 0 Å². The fourth-order valence-corrected chi connectivity index (χ4v) is 4.97. The maximum Gasteiger partial charge on any atom is 0.157 e. The summed E-state index contributed by atoms with van der Waals surface area (Å²) in [7, 11) is 0. The van der Waals surface area contributed by atoms with Crippen molar-refractivity contribution < 1.29 is 9.84 Å². The number of aryl methyl sites for hydroxylation is 2. The lowest BCUT2D eigenvalue weighted by atomic mass is 9.95. The number of morpholine rings is 1. The first-order chi connectivity index (χ1) is 15.7. The van der Waals surface area contributed by atoms with Crippen LogP contribution in [0.25, 0.3) is 5.57 Å². The predicted molar refractivity (Wildman–Crippen MR) is 127 cm³/mol. The van der Waals surface area contributed by atoms with E-state index in [4.69, 9.17) is 14.7 Å². The van der Waals surface area contributed by atoms with Gasteiger partial charge >= 0.3 is 0 Å². The second-order valence-corrected chi connectivity index (χ2v) is 9.27. The first kappa shape index (κ1) is 21.6. The first-order valence-electron chi connectivity index (χ1n) is 12.1. The van der Waals surface area contributed by atoms with Gasteiger partial charge in [-0.15, -0.1) is 0 Å². The van der Waals surface area contributed by atoms with Crippen molar-refractivity contribution in [2.45, 2.75) is 45.1 Å². The van der Waals surface area contributed by atoms with E-state index in [1.54, 1.807) is 0 Å². The number of hydrogen-bond donors (Lipinski definition) is 1. The summed E-state index contributed by atoms with van der Waals surface area (Å²) in [6, 6.07) is 8.18. The van der Waals surface area contributed by atoms with E-state index in [9.17, 15) is 5.11 Å². The normalized spacial score (nSPS) is 20.6. The molecule has 1 aliphatic carbocycles. The number of rotatable bonds is 5. The van der Waals surface area contributed by atoms with Crippen molar-refractivity contribution in [2.24, 2.45) is 0 Å². The van der Waals surface area contributed by atoms with Crippen LogP contribution in [0.1, 0.15) is 53.6 Å². The number of β-amino-alcohol motifs (C(OH)–C–C–N with tert-alkyl or cyclic N) is 1. The molecule has 3 aliphatic rings. The van der Waals surface area contributed by atoms with Crippen molar-refractivity contribution >= 4 is 11.4 Å². The Bertz CT molecular complexity index is 967. The van der Waals surface area contributed by atoms with Crippen LogP contribution in [0.4, 0.5) is 5.82 Å². The van der Waals surface area contributed by atoms with E-state index in [0.29, 0.717) is 6.54 Å². The number of fused-ring (bicyclic) bond motifs is 1. The zero-order chi connectivity index (χ0) is 21.9. The van der Waals surface area contributed by atoms with Gasteiger partial charge in [0.15, 0.2) is 5.82 Å². The fraction of sp³-hybridized carbons (Fsp3) is 0.538. The number of benzene rings is 1. The highest BCUT2D eigenvalue weighted by Crippen LogP contribution is 2.31. The standard InChI is InChI=1S/C26H34N4O2/c1-19-6-8-20(9-7-19)24(31)18-29-12-10-21(11-13-29)25-27-23-5-3-2-4-22(23)26(28-25)30-14-16-32-17-15-30/h6-10,24,31H,2-5,11-18H2,1H3/t24-/m0/s1. The Labute approximate surface area is 190 Å². The van der Waals surface area contributed by atoms with Gasteiger partial charge in [0.05, 0.1) is 19.3 Å². The van der Waals surface area contributed by atoms with E-state index in [-0.39, 0.29) is 0 Å². The van der Waals surface area contributed by atoms with E-state index < -0.39 is 6.10 Å². The highest BCUT2D eigenvalue weighted by Gasteiger charge is 2.25. The number of anilines is 1. The zero-order valence-corrected chi connectivity index (χ0v) is 19.1. The maximum absolute atomic E-state index is 10.7. The van der Waals surface area contributed by atoms with E-state index in [0.717, 1.165) is 75.9 Å². The van der Waals surface area contributed by atoms with Crippen LogP contribution >= 0.6 is 0 Å². The Hall–Kier alpha value is -2.28. The molecule has 5 rings (SSSR count). The summed E-state index contributed by atoms with van der Waals surface area (Å²) in [5.41, 5.74) is 6.06. The molecule has 0 saturated carbocycles. The number of nitrogens with zero attached hydrogens (tertiary/aromatic N) is 4. The number of aromatic nitrogens is 2. The molecule has 3 heterocycles. The lowest BCUT2D eigenvalue weighted by Crippen LogP contribution is -2.38. The molecule has 2 aliphatic heterocycles. The molecule has 6 nitrogen and oxygen atoms in total. The molecule has 2 aromatic rings. The number of aliphatic hydroxyl groups is 1. The van der Waals surface area contributed by atoms with E-state index in [1.807, 2.05) is 12.1 Å². The molecule has 1 aromatic heterocycles. The van der Waals surface area contributed by atoms with Gasteiger partial charge < -0.3 is 14.7 Å². The molecule has 0 unspecified atom stereocenters. The zero-order valence-electron chi connectivity index (χ0n) is 19.1. The smallest absolute Gasteiger partial charge is 0.157 e. The molecule has 1 atom stereocenters. The SMILES string of the molecule is Cc1ccc([C@@H](O)CN2CC=C(c3nc4c(c(N5CCOCC5)n3)CCCC4)CC2)cc1. The molecule has 32 heavy (non-hydrogen) atoms. The third-order valence-corrected chi connectivity index (χ3v) is 6.95. The van der Waals surface area contributed by atoms with Crippen LogP contribution in [0.5, 0.6) is 0 Å². The minimum absolute atomic E-state index is 0.460. The molecule has 0 spiro atoms. The summed E-state index contributed by atoms with van der Waals surface area (Å²) in [5.74, 6) is 2.05. The summed E-state index contributed by atoms with van der Waals surface area (Å²) in [5, 5.41) is 10.7. The van der Waals surface area contributed by atoms with Crippen molar-refractivity contribution in [2.75, 3.05) is 50.8 Å². The molecule has 1 aromatic carbocycles. The van der Waals surface area contributed by atoms with Gasteiger partial charge in [0.2, 0.25) is 0 Å². The van der Waals surface area contributed by atoms with Crippen molar-refractivity contribution in [1.82, 2.24) is 14.9 Å². The largest absolute Gasteiger partial charge is 0.387 e. The second-order valence-electron chi connectivity index (χ2n) is 9.27. The quantitative estimate of drug-likeness (QED) is 0.779. The van der Waals surface area contributed by atoms with Crippen LogP contribution in [0.3, 0.4) is 0 Å². The Kier molecular flexibility index (Phi) is 6.53. The molecule has 1 saturated heterocycles. The number of aliphatic hydroxyl groups excluding tert-OH is 1. The van der Waals surface area contributed by atoms with Crippen molar-refractivity contribution in [3.05, 3.63) is 58.6 Å². The van der Waals surface area contributed by atoms with Crippen molar-refractivity contribution in [1.29, 1.82) is 0 Å². The molecule has 1 N–H and O–H groups in total. The van der Waals surface area contributed by atoms with Gasteiger partial charge in [-0.2, -0.15) is 0 Å². The summed E-state index contributed by atoms with van der Waals surface area (Å²) >= 11 is 0. The summed E-state index contributed by atoms with van der Waals surface area (Å²) in [6.07, 6.45) is 7.32. The average molecular weight is 435 g/mol. The lowest BCUT2D eigenvalue weighted by Gasteiger charge is -2.32. The van der Waals surface area contributed by atoms with Gasteiger partial charge in [-0.25, -0.2) is 9.97 Å². The number of ether oxygens (including phenoxy) is 1. The van der Waals surface area contributed by atoms with Crippen LogP contribution in [-0.4, -0.2) is 65.9 Å². The second kappa shape index (κ2) is 9.69.